The molecule has 1 N–H and O–H groups in total. The number of hydrogen-bond donors (Lipinski definition) is 1. The first-order valence-corrected chi connectivity index (χ1v) is 13.6. The van der Waals surface area contributed by atoms with Gasteiger partial charge < -0.3 is 5.32 Å². The first kappa shape index (κ1) is 25.7. The molecular formula is C34H34BrN. The van der Waals surface area contributed by atoms with Crippen molar-refractivity contribution < 1.29 is 0 Å². The van der Waals surface area contributed by atoms with Crippen molar-refractivity contribution in [2.45, 2.75) is 39.7 Å². The smallest absolute Gasteiger partial charge is 0.0485 e. The molecule has 0 saturated heterocycles. The van der Waals surface area contributed by atoms with Gasteiger partial charge >= 0.3 is 0 Å². The van der Waals surface area contributed by atoms with Crippen molar-refractivity contribution in [3.63, 3.8) is 0 Å². The Balaban J connectivity index is 0.000000967. The van der Waals surface area contributed by atoms with Gasteiger partial charge in [-0.25, -0.2) is 0 Å². The summed E-state index contributed by atoms with van der Waals surface area (Å²) in [5, 5.41) is 8.89. The fourth-order valence-corrected chi connectivity index (χ4v) is 4.53. The van der Waals surface area contributed by atoms with Crippen molar-refractivity contribution in [3.8, 4) is 0 Å². The maximum absolute atomic E-state index is 3.79. The van der Waals surface area contributed by atoms with Crippen molar-refractivity contribution >= 4 is 43.2 Å². The summed E-state index contributed by atoms with van der Waals surface area (Å²) in [6, 6.07) is 39.2. The number of allylic oxidation sites excluding steroid dienone is 1. The largest absolute Gasteiger partial charge is 0.378 e. The second-order valence-corrected chi connectivity index (χ2v) is 10.1. The molecule has 1 unspecified atom stereocenters. The monoisotopic (exact) mass is 535 g/mol. The van der Waals surface area contributed by atoms with Crippen LogP contribution in [-0.2, 0) is 6.42 Å². The van der Waals surface area contributed by atoms with Crippen LogP contribution >= 0.6 is 15.9 Å². The lowest BCUT2D eigenvalue weighted by Gasteiger charge is -2.20. The molecule has 0 amide bonds. The molecule has 2 heteroatoms. The Bertz CT molecular complexity index is 1450. The number of halogens is 1. The van der Waals surface area contributed by atoms with E-state index in [1.165, 1.54) is 44.7 Å². The maximum Gasteiger partial charge on any atom is 0.0485 e. The van der Waals surface area contributed by atoms with Gasteiger partial charge in [0, 0.05) is 16.2 Å². The van der Waals surface area contributed by atoms with Gasteiger partial charge in [0.2, 0.25) is 0 Å². The predicted molar refractivity (Wildman–Crippen MR) is 161 cm³/mol. The van der Waals surface area contributed by atoms with E-state index in [0.717, 1.165) is 16.6 Å². The second kappa shape index (κ2) is 12.6. The first-order valence-electron chi connectivity index (χ1n) is 12.8. The van der Waals surface area contributed by atoms with Crippen molar-refractivity contribution in [1.29, 1.82) is 0 Å². The van der Waals surface area contributed by atoms with Crippen LogP contribution in [0.15, 0.2) is 120 Å². The van der Waals surface area contributed by atoms with Crippen LogP contribution in [0.3, 0.4) is 0 Å². The Morgan fingerprint density at radius 3 is 1.92 bits per heavy atom. The summed E-state index contributed by atoms with van der Waals surface area (Å²) in [6.45, 7) is 6.48. The van der Waals surface area contributed by atoms with Crippen LogP contribution < -0.4 is 5.32 Å². The average Bonchev–Trinajstić information content (AvgIpc) is 2.91. The third kappa shape index (κ3) is 6.65. The Hall–Kier alpha value is -3.36. The zero-order chi connectivity index (χ0) is 25.3. The molecule has 0 heterocycles. The Kier molecular flexibility index (Phi) is 8.97. The average molecular weight is 537 g/mol. The molecular weight excluding hydrogens is 502 g/mol. The number of fused-ring (bicyclic) bond motifs is 2. The minimum atomic E-state index is 0.182. The lowest BCUT2D eigenvalue weighted by molar-refractivity contribution is 0.700. The fourth-order valence-electron chi connectivity index (χ4n) is 4.27. The second-order valence-electron chi connectivity index (χ2n) is 9.19. The summed E-state index contributed by atoms with van der Waals surface area (Å²) in [6.07, 6.45) is 4.43. The van der Waals surface area contributed by atoms with Gasteiger partial charge in [0.25, 0.3) is 0 Å². The SMILES string of the molecule is CC(N/C(=C\Cc1ccc2ccccc2c1)c1ccc(Br)cc1)c1ccc2ccccc2c1.CCC. The molecule has 0 aliphatic carbocycles. The van der Waals surface area contributed by atoms with Crippen molar-refractivity contribution in [2.24, 2.45) is 0 Å². The Morgan fingerprint density at radius 1 is 0.722 bits per heavy atom. The minimum absolute atomic E-state index is 0.182. The Labute approximate surface area is 224 Å². The fraction of sp³-hybridized carbons (Fsp3) is 0.176. The Morgan fingerprint density at radius 2 is 1.28 bits per heavy atom. The lowest BCUT2D eigenvalue weighted by atomic mass is 10.0. The van der Waals surface area contributed by atoms with Crippen molar-refractivity contribution in [2.75, 3.05) is 0 Å². The molecule has 0 aromatic heterocycles. The predicted octanol–water partition coefficient (Wildman–Crippen LogP) is 10.1. The third-order valence-electron chi connectivity index (χ3n) is 6.16. The van der Waals surface area contributed by atoms with Gasteiger partial charge in [-0.15, -0.1) is 0 Å². The molecule has 0 bridgehead atoms. The van der Waals surface area contributed by atoms with E-state index in [9.17, 15) is 0 Å². The topological polar surface area (TPSA) is 12.0 Å². The number of benzene rings is 5. The highest BCUT2D eigenvalue weighted by atomic mass is 79.9. The van der Waals surface area contributed by atoms with Gasteiger partial charge in [-0.05, 0) is 69.8 Å². The third-order valence-corrected chi connectivity index (χ3v) is 6.69. The first-order chi connectivity index (χ1) is 17.6. The van der Waals surface area contributed by atoms with Crippen LogP contribution in [-0.4, -0.2) is 0 Å². The molecule has 0 saturated carbocycles. The van der Waals surface area contributed by atoms with Gasteiger partial charge in [-0.3, -0.25) is 0 Å². The van der Waals surface area contributed by atoms with Crippen LogP contribution in [0.25, 0.3) is 27.2 Å². The number of rotatable bonds is 6. The molecule has 0 radical (unpaired) electrons. The van der Waals surface area contributed by atoms with Crippen LogP contribution in [0.2, 0.25) is 0 Å². The van der Waals surface area contributed by atoms with Crippen LogP contribution in [0.5, 0.6) is 0 Å². The van der Waals surface area contributed by atoms with E-state index in [0.29, 0.717) is 0 Å². The molecule has 1 nitrogen and oxygen atoms in total. The number of nitrogens with one attached hydrogen (secondary N) is 1. The molecule has 1 atom stereocenters. The van der Waals surface area contributed by atoms with E-state index in [-0.39, 0.29) is 6.04 Å². The zero-order valence-corrected chi connectivity index (χ0v) is 22.9. The normalized spacial score (nSPS) is 12.2. The maximum atomic E-state index is 3.79. The summed E-state index contributed by atoms with van der Waals surface area (Å²) >= 11 is 3.56. The molecule has 0 fully saturated rings. The summed E-state index contributed by atoms with van der Waals surface area (Å²) in [5.41, 5.74) is 4.92. The molecule has 5 aromatic rings. The molecule has 182 valence electrons. The highest BCUT2D eigenvalue weighted by Crippen LogP contribution is 2.25. The highest BCUT2D eigenvalue weighted by molar-refractivity contribution is 9.10. The van der Waals surface area contributed by atoms with E-state index in [4.69, 9.17) is 0 Å². The van der Waals surface area contributed by atoms with E-state index < -0.39 is 0 Å². The lowest BCUT2D eigenvalue weighted by Crippen LogP contribution is -2.17. The van der Waals surface area contributed by atoms with Gasteiger partial charge in [0.15, 0.2) is 0 Å². The van der Waals surface area contributed by atoms with E-state index in [2.05, 4.69) is 157 Å². The molecule has 0 aliphatic rings. The summed E-state index contributed by atoms with van der Waals surface area (Å²) < 4.78 is 1.09. The van der Waals surface area contributed by atoms with Crippen molar-refractivity contribution in [1.82, 2.24) is 5.32 Å². The molecule has 0 aliphatic heterocycles. The molecule has 0 spiro atoms. The van der Waals surface area contributed by atoms with Crippen molar-refractivity contribution in [3.05, 3.63) is 136 Å². The quantitative estimate of drug-likeness (QED) is 0.228. The summed E-state index contributed by atoms with van der Waals surface area (Å²) in [4.78, 5) is 0. The zero-order valence-electron chi connectivity index (χ0n) is 21.3. The molecule has 5 rings (SSSR count). The van der Waals surface area contributed by atoms with Crippen LogP contribution in [0.1, 0.15) is 49.9 Å². The molecule has 36 heavy (non-hydrogen) atoms. The van der Waals surface area contributed by atoms with Gasteiger partial charge in [0.1, 0.15) is 0 Å². The molecule has 5 aromatic carbocycles. The standard InChI is InChI=1S/C31H26BrN.C3H8/c1-22(27-14-13-25-7-3-5-9-29(25)21-27)33-31(26-15-17-30(32)18-16-26)19-11-23-10-12-24-6-2-4-8-28(24)20-23;1-3-2/h2-10,12-22,33H,11H2,1H3;3H2,1-2H3/b31-19-;. The van der Waals surface area contributed by atoms with Gasteiger partial charge in [-0.2, -0.15) is 0 Å². The van der Waals surface area contributed by atoms with E-state index in [1.54, 1.807) is 0 Å². The summed E-state index contributed by atoms with van der Waals surface area (Å²) in [7, 11) is 0. The number of hydrogen-bond acceptors (Lipinski definition) is 1. The van der Waals surface area contributed by atoms with Crippen LogP contribution in [0.4, 0.5) is 0 Å². The van der Waals surface area contributed by atoms with Crippen LogP contribution in [0, 0.1) is 0 Å². The minimum Gasteiger partial charge on any atom is -0.378 e. The van der Waals surface area contributed by atoms with Gasteiger partial charge in [0.05, 0.1) is 0 Å². The van der Waals surface area contributed by atoms with Gasteiger partial charge in [-0.1, -0.05) is 133 Å². The highest BCUT2D eigenvalue weighted by Gasteiger charge is 2.10. The summed E-state index contributed by atoms with van der Waals surface area (Å²) in [5.74, 6) is 0. The van der Waals surface area contributed by atoms with E-state index >= 15 is 0 Å². The van der Waals surface area contributed by atoms with E-state index in [1.807, 2.05) is 0 Å².